The number of amides is 2. The van der Waals surface area contributed by atoms with Gasteiger partial charge in [0.1, 0.15) is 10.8 Å². The number of nitrogens with zero attached hydrogens (tertiary/aromatic N) is 3. The summed E-state index contributed by atoms with van der Waals surface area (Å²) >= 11 is 2.66. The minimum absolute atomic E-state index is 0.0869. The lowest BCUT2D eigenvalue weighted by Gasteiger charge is -2.13. The van der Waals surface area contributed by atoms with Crippen molar-refractivity contribution < 1.29 is 23.5 Å². The maximum atomic E-state index is 13.4. The number of benzene rings is 1. The topological polar surface area (TPSA) is 115 Å². The Morgan fingerprint density at radius 1 is 1.24 bits per heavy atom. The van der Waals surface area contributed by atoms with E-state index in [1.165, 1.54) is 41.3 Å². The molecule has 1 aromatic carbocycles. The molecule has 0 aliphatic heterocycles. The number of thiophene rings is 1. The van der Waals surface area contributed by atoms with E-state index < -0.39 is 22.9 Å². The van der Waals surface area contributed by atoms with Crippen LogP contribution in [0.1, 0.15) is 63.7 Å². The number of aryl methyl sites for hydroxylation is 1. The first kappa shape index (κ1) is 26.8. The van der Waals surface area contributed by atoms with Crippen LogP contribution in [0.15, 0.2) is 29.4 Å². The van der Waals surface area contributed by atoms with Crippen LogP contribution in [0.3, 0.4) is 0 Å². The van der Waals surface area contributed by atoms with Crippen molar-refractivity contribution in [1.29, 1.82) is 0 Å². The predicted octanol–water partition coefficient (Wildman–Crippen LogP) is 4.12. The third-order valence-electron chi connectivity index (χ3n) is 5.96. The summed E-state index contributed by atoms with van der Waals surface area (Å²) in [5.41, 5.74) is 1.67. The van der Waals surface area contributed by atoms with Crippen molar-refractivity contribution in [3.63, 3.8) is 0 Å². The first-order valence-electron chi connectivity index (χ1n) is 12.0. The number of nitrogens with one attached hydrogen (secondary N) is 2. The molecule has 4 rings (SSSR count). The van der Waals surface area contributed by atoms with Gasteiger partial charge in [-0.05, 0) is 63.3 Å². The molecule has 0 saturated carbocycles. The smallest absolute Gasteiger partial charge is 0.341 e. The van der Waals surface area contributed by atoms with Crippen LogP contribution in [-0.2, 0) is 36.0 Å². The van der Waals surface area contributed by atoms with Crippen molar-refractivity contribution in [3.8, 4) is 0 Å². The zero-order valence-electron chi connectivity index (χ0n) is 20.8. The van der Waals surface area contributed by atoms with Crippen molar-refractivity contribution in [1.82, 2.24) is 20.1 Å². The Hall–Kier alpha value is -3.25. The Morgan fingerprint density at radius 3 is 2.78 bits per heavy atom. The molecule has 2 aromatic heterocycles. The van der Waals surface area contributed by atoms with Crippen molar-refractivity contribution in [2.75, 3.05) is 11.9 Å². The molecule has 9 nitrogen and oxygen atoms in total. The van der Waals surface area contributed by atoms with E-state index in [-0.39, 0.29) is 24.6 Å². The summed E-state index contributed by atoms with van der Waals surface area (Å²) in [6.07, 6.45) is 3.77. The molecular formula is C25H28FN5O4S2. The largest absolute Gasteiger partial charge is 0.462 e. The minimum Gasteiger partial charge on any atom is -0.462 e. The van der Waals surface area contributed by atoms with Gasteiger partial charge in [-0.2, -0.15) is 0 Å². The predicted molar refractivity (Wildman–Crippen MR) is 139 cm³/mol. The first-order valence-corrected chi connectivity index (χ1v) is 13.7. The SMILES string of the molecule is CCOC(=O)c1c(NC(=O)[C@@H](C)Sc2nnc(CNC(=O)c3cccc(F)c3)n2C)sc2c1CCCC2. The molecule has 1 aliphatic rings. The van der Waals surface area contributed by atoms with Crippen LogP contribution < -0.4 is 10.6 Å². The van der Waals surface area contributed by atoms with Gasteiger partial charge in [0.25, 0.3) is 5.91 Å². The van der Waals surface area contributed by atoms with E-state index in [1.807, 2.05) is 0 Å². The van der Waals surface area contributed by atoms with E-state index >= 15 is 0 Å². The average molecular weight is 546 g/mol. The molecular weight excluding hydrogens is 517 g/mol. The molecule has 1 atom stereocenters. The van der Waals surface area contributed by atoms with Crippen LogP contribution in [0.25, 0.3) is 0 Å². The Kier molecular flexibility index (Phi) is 8.59. The Labute approximate surface area is 222 Å². The lowest BCUT2D eigenvalue weighted by molar-refractivity contribution is -0.115. The first-order chi connectivity index (χ1) is 17.8. The molecule has 2 heterocycles. The molecule has 0 saturated heterocycles. The molecule has 1 aliphatic carbocycles. The van der Waals surface area contributed by atoms with Crippen molar-refractivity contribution in [2.45, 2.75) is 56.5 Å². The number of fused-ring (bicyclic) bond motifs is 1. The normalized spacial score (nSPS) is 13.5. The number of esters is 1. The maximum absolute atomic E-state index is 13.4. The molecule has 0 bridgehead atoms. The summed E-state index contributed by atoms with van der Waals surface area (Å²) in [6, 6.07) is 5.42. The standard InChI is InChI=1S/C25H28FN5O4S2/c1-4-35-24(34)20-17-10-5-6-11-18(17)37-23(20)28-21(32)14(2)36-25-30-29-19(31(25)3)13-27-22(33)15-8-7-9-16(26)12-15/h7-9,12,14H,4-6,10-11,13H2,1-3H3,(H,27,33)(H,28,32)/t14-/m1/s1. The fourth-order valence-corrected chi connectivity index (χ4v) is 6.11. The highest BCUT2D eigenvalue weighted by molar-refractivity contribution is 8.00. The molecule has 12 heteroatoms. The molecule has 0 fully saturated rings. The van der Waals surface area contributed by atoms with Gasteiger partial charge >= 0.3 is 5.97 Å². The fourth-order valence-electron chi connectivity index (χ4n) is 3.99. The number of hydrogen-bond acceptors (Lipinski definition) is 8. The van der Waals surface area contributed by atoms with Gasteiger partial charge in [-0.1, -0.05) is 17.8 Å². The average Bonchev–Trinajstić information content (AvgIpc) is 3.42. The molecule has 37 heavy (non-hydrogen) atoms. The number of aromatic nitrogens is 3. The van der Waals surface area contributed by atoms with E-state index in [1.54, 1.807) is 25.5 Å². The van der Waals surface area contributed by atoms with Gasteiger partial charge in [-0.3, -0.25) is 9.59 Å². The van der Waals surface area contributed by atoms with Gasteiger partial charge < -0.3 is 19.9 Å². The van der Waals surface area contributed by atoms with E-state index in [2.05, 4.69) is 20.8 Å². The Morgan fingerprint density at radius 2 is 2.03 bits per heavy atom. The van der Waals surface area contributed by atoms with E-state index in [0.717, 1.165) is 42.2 Å². The zero-order chi connectivity index (χ0) is 26.5. The van der Waals surface area contributed by atoms with Crippen LogP contribution in [0.4, 0.5) is 9.39 Å². The molecule has 2 amide bonds. The third kappa shape index (κ3) is 6.19. The Bertz CT molecular complexity index is 1320. The summed E-state index contributed by atoms with van der Waals surface area (Å²) in [7, 11) is 1.74. The molecule has 196 valence electrons. The van der Waals surface area contributed by atoms with Crippen LogP contribution >= 0.6 is 23.1 Å². The minimum atomic E-state index is -0.535. The highest BCUT2D eigenvalue weighted by Crippen LogP contribution is 2.39. The highest BCUT2D eigenvalue weighted by atomic mass is 32.2. The lowest BCUT2D eigenvalue weighted by atomic mass is 9.95. The highest BCUT2D eigenvalue weighted by Gasteiger charge is 2.28. The van der Waals surface area contributed by atoms with Crippen LogP contribution in [0.2, 0.25) is 0 Å². The summed E-state index contributed by atoms with van der Waals surface area (Å²) in [5.74, 6) is -1.11. The second-order valence-corrected chi connectivity index (χ2v) is 10.9. The Balaban J connectivity index is 1.40. The quantitative estimate of drug-likeness (QED) is 0.307. The van der Waals surface area contributed by atoms with Gasteiger partial charge in [0.2, 0.25) is 5.91 Å². The van der Waals surface area contributed by atoms with Gasteiger partial charge in [-0.25, -0.2) is 9.18 Å². The number of halogens is 1. The number of carbonyl (C=O) groups excluding carboxylic acids is 3. The van der Waals surface area contributed by atoms with Gasteiger partial charge in [0.05, 0.1) is 24.0 Å². The monoisotopic (exact) mass is 545 g/mol. The maximum Gasteiger partial charge on any atom is 0.341 e. The van der Waals surface area contributed by atoms with E-state index in [4.69, 9.17) is 4.74 Å². The second-order valence-electron chi connectivity index (χ2n) is 8.54. The van der Waals surface area contributed by atoms with Crippen LogP contribution in [-0.4, -0.2) is 44.4 Å². The number of thioether (sulfide) groups is 1. The van der Waals surface area contributed by atoms with Gasteiger partial charge in [-0.15, -0.1) is 21.5 Å². The number of hydrogen-bond donors (Lipinski definition) is 2. The van der Waals surface area contributed by atoms with Gasteiger partial charge in [0, 0.05) is 17.5 Å². The second kappa shape index (κ2) is 11.9. The van der Waals surface area contributed by atoms with Gasteiger partial charge in [0.15, 0.2) is 11.0 Å². The van der Waals surface area contributed by atoms with E-state index in [0.29, 0.717) is 21.5 Å². The fraction of sp³-hybridized carbons (Fsp3) is 0.400. The van der Waals surface area contributed by atoms with E-state index in [9.17, 15) is 18.8 Å². The summed E-state index contributed by atoms with van der Waals surface area (Å²) in [4.78, 5) is 39.1. The summed E-state index contributed by atoms with van der Waals surface area (Å²) < 4.78 is 20.3. The number of anilines is 1. The van der Waals surface area contributed by atoms with Crippen LogP contribution in [0, 0.1) is 5.82 Å². The number of rotatable bonds is 9. The number of carbonyl (C=O) groups is 3. The van der Waals surface area contributed by atoms with Crippen molar-refractivity contribution in [2.24, 2.45) is 7.05 Å². The summed E-state index contributed by atoms with van der Waals surface area (Å²) in [5, 5.41) is 14.4. The molecule has 0 unspecified atom stereocenters. The van der Waals surface area contributed by atoms with Crippen molar-refractivity contribution in [3.05, 3.63) is 57.5 Å². The molecule has 2 N–H and O–H groups in total. The third-order valence-corrected chi connectivity index (χ3v) is 8.30. The number of ether oxygens (including phenoxy) is 1. The van der Waals surface area contributed by atoms with Crippen LogP contribution in [0.5, 0.6) is 0 Å². The zero-order valence-corrected chi connectivity index (χ0v) is 22.4. The molecule has 0 spiro atoms. The lowest BCUT2D eigenvalue weighted by Crippen LogP contribution is -2.25. The molecule has 0 radical (unpaired) electrons. The van der Waals surface area contributed by atoms with Crippen molar-refractivity contribution >= 4 is 45.9 Å². The summed E-state index contributed by atoms with van der Waals surface area (Å²) in [6.45, 7) is 3.86. The molecule has 3 aromatic rings.